The van der Waals surface area contributed by atoms with Gasteiger partial charge in [-0.15, -0.1) is 6.58 Å². The van der Waals surface area contributed by atoms with Crippen molar-refractivity contribution in [2.45, 2.75) is 38.6 Å². The molecule has 1 N–H and O–H groups in total. The summed E-state index contributed by atoms with van der Waals surface area (Å²) < 4.78 is 11.7. The highest BCUT2D eigenvalue weighted by Gasteiger charge is 2.40. The molecule has 2 aliphatic rings. The minimum absolute atomic E-state index is 0.599. The van der Waals surface area contributed by atoms with Crippen LogP contribution in [-0.4, -0.2) is 42.3 Å². The van der Waals surface area contributed by atoms with Crippen LogP contribution in [0.5, 0.6) is 11.5 Å². The van der Waals surface area contributed by atoms with E-state index in [0.717, 1.165) is 49.5 Å². The Morgan fingerprint density at radius 1 is 1.28 bits per heavy atom. The van der Waals surface area contributed by atoms with Crippen LogP contribution in [0.15, 0.2) is 30.9 Å². The number of likely N-dealkylation sites (tertiary alicyclic amines) is 1. The highest BCUT2D eigenvalue weighted by atomic mass is 16.5. The molecular weight excluding hydrogens is 318 g/mol. The standard InChI is InChI=1S/C20H27NO4/c1-2-3-8-20(19(22)23)9-11-21(12-10-20)15-16-6-4-7-17-18(16)25-14-5-13-24-17/h2,4,6-7H,1,3,5,8-15H2,(H,22,23). The zero-order valence-corrected chi connectivity index (χ0v) is 14.7. The second-order valence-corrected chi connectivity index (χ2v) is 6.98. The van der Waals surface area contributed by atoms with E-state index in [1.54, 1.807) is 0 Å². The Bertz CT molecular complexity index is 620. The van der Waals surface area contributed by atoms with Gasteiger partial charge in [-0.05, 0) is 44.8 Å². The fourth-order valence-electron chi connectivity index (χ4n) is 3.71. The second kappa shape index (κ2) is 7.91. The van der Waals surface area contributed by atoms with Gasteiger partial charge >= 0.3 is 5.97 Å². The quantitative estimate of drug-likeness (QED) is 0.800. The average molecular weight is 345 g/mol. The largest absolute Gasteiger partial charge is 0.490 e. The zero-order chi connectivity index (χ0) is 17.7. The third kappa shape index (κ3) is 3.98. The van der Waals surface area contributed by atoms with Crippen molar-refractivity contribution in [3.63, 3.8) is 0 Å². The van der Waals surface area contributed by atoms with Gasteiger partial charge in [0.15, 0.2) is 11.5 Å². The molecule has 1 fully saturated rings. The number of carboxylic acid groups (broad SMARTS) is 1. The summed E-state index contributed by atoms with van der Waals surface area (Å²) in [5.41, 5.74) is 0.520. The molecule has 0 radical (unpaired) electrons. The lowest BCUT2D eigenvalue weighted by Gasteiger charge is -2.39. The van der Waals surface area contributed by atoms with Crippen LogP contribution in [0.2, 0.25) is 0 Å². The Labute approximate surface area is 149 Å². The number of nitrogens with zero attached hydrogens (tertiary/aromatic N) is 1. The molecule has 2 heterocycles. The summed E-state index contributed by atoms with van der Waals surface area (Å²) in [5.74, 6) is 0.999. The molecule has 5 nitrogen and oxygen atoms in total. The number of hydrogen-bond acceptors (Lipinski definition) is 4. The molecule has 3 rings (SSSR count). The van der Waals surface area contributed by atoms with Gasteiger partial charge < -0.3 is 14.6 Å². The van der Waals surface area contributed by atoms with Crippen molar-refractivity contribution in [1.82, 2.24) is 4.90 Å². The predicted octanol–water partition coefficient (Wildman–Crippen LogP) is 3.48. The van der Waals surface area contributed by atoms with E-state index in [-0.39, 0.29) is 0 Å². The summed E-state index contributed by atoms with van der Waals surface area (Å²) in [6, 6.07) is 6.02. The van der Waals surface area contributed by atoms with E-state index in [1.165, 1.54) is 0 Å². The third-order valence-electron chi connectivity index (χ3n) is 5.34. The molecule has 1 aromatic rings. The van der Waals surface area contributed by atoms with E-state index < -0.39 is 11.4 Å². The summed E-state index contributed by atoms with van der Waals surface area (Å²) >= 11 is 0. The van der Waals surface area contributed by atoms with Crippen LogP contribution >= 0.6 is 0 Å². The number of rotatable bonds is 6. The molecule has 5 heteroatoms. The van der Waals surface area contributed by atoms with Gasteiger partial charge in [-0.3, -0.25) is 9.69 Å². The van der Waals surface area contributed by atoms with E-state index in [4.69, 9.17) is 9.47 Å². The normalized spacial score (nSPS) is 19.8. The average Bonchev–Trinajstić information content (AvgIpc) is 2.87. The van der Waals surface area contributed by atoms with Gasteiger partial charge in [0.1, 0.15) is 0 Å². The maximum Gasteiger partial charge on any atom is 0.309 e. The highest BCUT2D eigenvalue weighted by molar-refractivity contribution is 5.74. The van der Waals surface area contributed by atoms with Gasteiger partial charge in [-0.1, -0.05) is 18.2 Å². The SMILES string of the molecule is C=CCCC1(C(=O)O)CCN(Cc2cccc3c2OCCCO3)CC1. The maximum absolute atomic E-state index is 11.8. The first-order chi connectivity index (χ1) is 12.1. The molecule has 25 heavy (non-hydrogen) atoms. The Hall–Kier alpha value is -2.01. The summed E-state index contributed by atoms with van der Waals surface area (Å²) in [5, 5.41) is 9.69. The van der Waals surface area contributed by atoms with Crippen molar-refractivity contribution < 1.29 is 19.4 Å². The molecule has 1 aromatic carbocycles. The number of allylic oxidation sites excluding steroid dienone is 1. The topological polar surface area (TPSA) is 59.0 Å². The van der Waals surface area contributed by atoms with Crippen LogP contribution in [-0.2, 0) is 11.3 Å². The molecule has 0 bridgehead atoms. The number of piperidine rings is 1. The minimum atomic E-state index is -0.667. The van der Waals surface area contributed by atoms with Gasteiger partial charge in [0.05, 0.1) is 18.6 Å². The van der Waals surface area contributed by atoms with Gasteiger partial charge in [-0.25, -0.2) is 0 Å². The van der Waals surface area contributed by atoms with E-state index in [0.29, 0.717) is 32.5 Å². The van der Waals surface area contributed by atoms with Gasteiger partial charge in [-0.2, -0.15) is 0 Å². The lowest BCUT2D eigenvalue weighted by molar-refractivity contribution is -0.152. The molecule has 0 atom stereocenters. The van der Waals surface area contributed by atoms with Gasteiger partial charge in [0, 0.05) is 18.5 Å². The van der Waals surface area contributed by atoms with E-state index in [9.17, 15) is 9.90 Å². The Morgan fingerprint density at radius 2 is 2.04 bits per heavy atom. The van der Waals surface area contributed by atoms with Crippen molar-refractivity contribution in [3.05, 3.63) is 36.4 Å². The maximum atomic E-state index is 11.8. The smallest absolute Gasteiger partial charge is 0.309 e. The Kier molecular flexibility index (Phi) is 5.63. The molecule has 0 amide bonds. The van der Waals surface area contributed by atoms with Crippen LogP contribution in [0.3, 0.4) is 0 Å². The van der Waals surface area contributed by atoms with Crippen LogP contribution in [0, 0.1) is 5.41 Å². The monoisotopic (exact) mass is 345 g/mol. The van der Waals surface area contributed by atoms with Gasteiger partial charge in [0.2, 0.25) is 0 Å². The molecule has 2 aliphatic heterocycles. The molecule has 0 aromatic heterocycles. The van der Waals surface area contributed by atoms with Crippen molar-refractivity contribution in [1.29, 1.82) is 0 Å². The molecule has 1 saturated heterocycles. The predicted molar refractivity (Wildman–Crippen MR) is 96.1 cm³/mol. The number of para-hydroxylation sites is 1. The fraction of sp³-hybridized carbons (Fsp3) is 0.550. The van der Waals surface area contributed by atoms with Crippen molar-refractivity contribution in [3.8, 4) is 11.5 Å². The second-order valence-electron chi connectivity index (χ2n) is 6.98. The number of hydrogen-bond donors (Lipinski definition) is 1. The number of fused-ring (bicyclic) bond motifs is 1. The number of ether oxygens (including phenoxy) is 2. The van der Waals surface area contributed by atoms with E-state index in [2.05, 4.69) is 17.5 Å². The summed E-state index contributed by atoms with van der Waals surface area (Å²) in [6.45, 7) is 7.42. The first-order valence-corrected chi connectivity index (χ1v) is 9.09. The van der Waals surface area contributed by atoms with Crippen molar-refractivity contribution in [2.75, 3.05) is 26.3 Å². The highest BCUT2D eigenvalue weighted by Crippen LogP contribution is 2.39. The summed E-state index contributed by atoms with van der Waals surface area (Å²) in [4.78, 5) is 14.1. The molecule has 136 valence electrons. The lowest BCUT2D eigenvalue weighted by atomic mass is 9.75. The fourth-order valence-corrected chi connectivity index (χ4v) is 3.71. The molecule has 0 aliphatic carbocycles. The third-order valence-corrected chi connectivity index (χ3v) is 5.34. The molecule has 0 spiro atoms. The van der Waals surface area contributed by atoms with E-state index in [1.807, 2.05) is 18.2 Å². The minimum Gasteiger partial charge on any atom is -0.490 e. The summed E-state index contributed by atoms with van der Waals surface area (Å²) in [7, 11) is 0. The zero-order valence-electron chi connectivity index (χ0n) is 14.7. The molecular formula is C20H27NO4. The molecule has 0 unspecified atom stereocenters. The van der Waals surface area contributed by atoms with Crippen molar-refractivity contribution >= 4 is 5.97 Å². The Morgan fingerprint density at radius 3 is 2.76 bits per heavy atom. The lowest BCUT2D eigenvalue weighted by Crippen LogP contribution is -2.44. The van der Waals surface area contributed by atoms with Crippen LogP contribution in [0.25, 0.3) is 0 Å². The first-order valence-electron chi connectivity index (χ1n) is 9.09. The number of carbonyl (C=O) groups is 1. The van der Waals surface area contributed by atoms with Gasteiger partial charge in [0.25, 0.3) is 0 Å². The van der Waals surface area contributed by atoms with Crippen LogP contribution in [0.1, 0.15) is 37.7 Å². The first kappa shape index (κ1) is 17.8. The number of benzene rings is 1. The van der Waals surface area contributed by atoms with E-state index >= 15 is 0 Å². The Balaban J connectivity index is 1.66. The molecule has 0 saturated carbocycles. The number of carboxylic acids is 1. The summed E-state index contributed by atoms with van der Waals surface area (Å²) in [6.07, 6.45) is 5.50. The number of aliphatic carboxylic acids is 1. The van der Waals surface area contributed by atoms with Crippen LogP contribution < -0.4 is 9.47 Å². The van der Waals surface area contributed by atoms with Crippen molar-refractivity contribution in [2.24, 2.45) is 5.41 Å². The van der Waals surface area contributed by atoms with Crippen LogP contribution in [0.4, 0.5) is 0 Å².